The fourth-order valence-corrected chi connectivity index (χ4v) is 3.50. The van der Waals surface area contributed by atoms with E-state index in [-0.39, 0.29) is 17.4 Å². The fraction of sp³-hybridized carbons (Fsp3) is 0.200. The summed E-state index contributed by atoms with van der Waals surface area (Å²) in [6.45, 7) is 2.05. The average molecular weight is 403 g/mol. The number of amides is 1. The summed E-state index contributed by atoms with van der Waals surface area (Å²) in [5, 5.41) is 10.3. The van der Waals surface area contributed by atoms with Gasteiger partial charge in [-0.05, 0) is 46.9 Å². The lowest BCUT2D eigenvalue weighted by Gasteiger charge is -2.22. The molecule has 0 saturated heterocycles. The first-order valence-corrected chi connectivity index (χ1v) is 9.70. The molecule has 0 bridgehead atoms. The Morgan fingerprint density at radius 3 is 2.03 bits per heavy atom. The predicted molar refractivity (Wildman–Crippen MR) is 116 cm³/mol. The highest BCUT2D eigenvalue weighted by atomic mass is 16.7. The molecule has 0 aliphatic rings. The molecule has 0 fully saturated rings. The summed E-state index contributed by atoms with van der Waals surface area (Å²) in [4.78, 5) is 28.7. The van der Waals surface area contributed by atoms with E-state index in [1.54, 1.807) is 31.3 Å². The molecule has 3 aromatic carbocycles. The average Bonchev–Trinajstić information content (AvgIpc) is 2.77. The molecule has 3 rings (SSSR count). The normalized spacial score (nSPS) is 11.7. The van der Waals surface area contributed by atoms with Crippen molar-refractivity contribution in [1.82, 2.24) is 5.06 Å². The van der Waals surface area contributed by atoms with Gasteiger partial charge in [-0.2, -0.15) is 0 Å². The summed E-state index contributed by atoms with van der Waals surface area (Å²) < 4.78 is 0. The van der Waals surface area contributed by atoms with Gasteiger partial charge in [-0.3, -0.25) is 9.63 Å². The molecular formula is C25H25NO4. The third-order valence-electron chi connectivity index (χ3n) is 5.35. The van der Waals surface area contributed by atoms with Gasteiger partial charge in [0.1, 0.15) is 0 Å². The second-order valence-electron chi connectivity index (χ2n) is 7.19. The number of carboxylic acids is 1. The van der Waals surface area contributed by atoms with Crippen molar-refractivity contribution in [1.29, 1.82) is 0 Å². The lowest BCUT2D eigenvalue weighted by atomic mass is 9.85. The molecule has 0 spiro atoms. The van der Waals surface area contributed by atoms with Crippen LogP contribution in [-0.2, 0) is 9.63 Å². The van der Waals surface area contributed by atoms with Crippen LogP contribution < -0.4 is 0 Å². The molecule has 0 aliphatic carbocycles. The van der Waals surface area contributed by atoms with Crippen molar-refractivity contribution >= 4 is 11.9 Å². The van der Waals surface area contributed by atoms with Gasteiger partial charge < -0.3 is 5.11 Å². The number of aromatic carboxylic acids is 1. The van der Waals surface area contributed by atoms with E-state index >= 15 is 0 Å². The number of benzene rings is 3. The molecule has 3 aromatic rings. The minimum Gasteiger partial charge on any atom is -0.478 e. The third kappa shape index (κ3) is 4.75. The van der Waals surface area contributed by atoms with Crippen LogP contribution in [0.4, 0.5) is 0 Å². The molecule has 0 aromatic heterocycles. The van der Waals surface area contributed by atoms with Crippen LogP contribution in [0, 0.1) is 6.92 Å². The van der Waals surface area contributed by atoms with Gasteiger partial charge >= 0.3 is 5.97 Å². The minimum atomic E-state index is -0.941. The van der Waals surface area contributed by atoms with Gasteiger partial charge in [0, 0.05) is 19.4 Å². The molecule has 154 valence electrons. The van der Waals surface area contributed by atoms with E-state index in [9.17, 15) is 9.59 Å². The van der Waals surface area contributed by atoms with Crippen molar-refractivity contribution in [3.63, 3.8) is 0 Å². The molecule has 0 saturated carbocycles. The van der Waals surface area contributed by atoms with Gasteiger partial charge in [0.15, 0.2) is 0 Å². The monoisotopic (exact) mass is 403 g/mol. The number of aryl methyl sites for hydroxylation is 1. The zero-order valence-electron chi connectivity index (χ0n) is 17.3. The van der Waals surface area contributed by atoms with Gasteiger partial charge in [-0.15, -0.1) is 0 Å². The predicted octanol–water partition coefficient (Wildman–Crippen LogP) is 4.90. The van der Waals surface area contributed by atoms with Crippen LogP contribution in [0.1, 0.15) is 39.4 Å². The van der Waals surface area contributed by atoms with E-state index in [4.69, 9.17) is 9.94 Å². The number of carbonyl (C=O) groups is 2. The quantitative estimate of drug-likeness (QED) is 0.570. The number of hydrogen-bond donors (Lipinski definition) is 1. The molecular weight excluding hydrogens is 378 g/mol. The van der Waals surface area contributed by atoms with Crippen molar-refractivity contribution in [2.24, 2.45) is 0 Å². The lowest BCUT2D eigenvalue weighted by Crippen LogP contribution is -2.27. The number of rotatable bonds is 7. The Hall–Kier alpha value is -3.44. The first kappa shape index (κ1) is 21.3. The molecule has 1 atom stereocenters. The van der Waals surface area contributed by atoms with E-state index in [1.165, 1.54) is 12.2 Å². The summed E-state index contributed by atoms with van der Waals surface area (Å²) in [6.07, 6.45) is 0.294. The molecule has 0 aliphatic heterocycles. The summed E-state index contributed by atoms with van der Waals surface area (Å²) in [5.74, 6) is -1.14. The number of nitrogens with zero attached hydrogens (tertiary/aromatic N) is 1. The zero-order valence-corrected chi connectivity index (χ0v) is 17.3. The summed E-state index contributed by atoms with van der Waals surface area (Å²) >= 11 is 0. The second kappa shape index (κ2) is 9.37. The van der Waals surface area contributed by atoms with E-state index in [0.717, 1.165) is 27.8 Å². The minimum absolute atomic E-state index is 0.0975. The molecule has 1 N–H and O–H groups in total. The molecule has 5 nitrogen and oxygen atoms in total. The van der Waals surface area contributed by atoms with E-state index in [1.807, 2.05) is 49.4 Å². The molecule has 0 radical (unpaired) electrons. The van der Waals surface area contributed by atoms with Gasteiger partial charge in [-0.25, -0.2) is 9.86 Å². The number of carboxylic acid groups (broad SMARTS) is 1. The van der Waals surface area contributed by atoms with Crippen molar-refractivity contribution in [2.45, 2.75) is 19.3 Å². The first-order valence-electron chi connectivity index (χ1n) is 9.70. The van der Waals surface area contributed by atoms with E-state index in [2.05, 4.69) is 6.07 Å². The first-order chi connectivity index (χ1) is 14.4. The van der Waals surface area contributed by atoms with Crippen molar-refractivity contribution in [3.8, 4) is 11.1 Å². The highest BCUT2D eigenvalue weighted by molar-refractivity contribution is 5.88. The summed E-state index contributed by atoms with van der Waals surface area (Å²) in [5.41, 5.74) is 5.45. The molecule has 30 heavy (non-hydrogen) atoms. The van der Waals surface area contributed by atoms with Crippen LogP contribution in [0.3, 0.4) is 0 Å². The van der Waals surface area contributed by atoms with Gasteiger partial charge in [0.2, 0.25) is 5.91 Å². The number of hydroxylamine groups is 2. The highest BCUT2D eigenvalue weighted by Crippen LogP contribution is 2.32. The maximum Gasteiger partial charge on any atom is 0.335 e. The lowest BCUT2D eigenvalue weighted by molar-refractivity contribution is -0.168. The van der Waals surface area contributed by atoms with Crippen LogP contribution in [0.25, 0.3) is 11.1 Å². The largest absolute Gasteiger partial charge is 0.478 e. The van der Waals surface area contributed by atoms with Gasteiger partial charge in [-0.1, -0.05) is 60.7 Å². The number of hydrogen-bond acceptors (Lipinski definition) is 3. The Morgan fingerprint density at radius 2 is 1.50 bits per heavy atom. The molecule has 1 unspecified atom stereocenters. The third-order valence-corrected chi connectivity index (χ3v) is 5.35. The smallest absolute Gasteiger partial charge is 0.335 e. The molecule has 0 heterocycles. The summed E-state index contributed by atoms with van der Waals surface area (Å²) in [7, 11) is 3.09. The standard InChI is InChI=1S/C25H25NO4/c1-17-6-4-5-7-22(17)23(16-24(27)26(2)30-3)20-12-8-18(9-13-20)19-10-14-21(15-11-19)25(28)29/h4-15,23H,16H2,1-3H3,(H,28,29). The van der Waals surface area contributed by atoms with Crippen molar-refractivity contribution < 1.29 is 19.5 Å². The maximum atomic E-state index is 12.6. The van der Waals surface area contributed by atoms with Crippen molar-refractivity contribution in [3.05, 3.63) is 95.1 Å². The van der Waals surface area contributed by atoms with Crippen LogP contribution >= 0.6 is 0 Å². The van der Waals surface area contributed by atoms with Crippen LogP contribution in [-0.4, -0.2) is 36.2 Å². The Morgan fingerprint density at radius 1 is 0.933 bits per heavy atom. The van der Waals surface area contributed by atoms with Crippen LogP contribution in [0.5, 0.6) is 0 Å². The number of carbonyl (C=O) groups excluding carboxylic acids is 1. The zero-order chi connectivity index (χ0) is 21.7. The Labute approximate surface area is 176 Å². The Kier molecular flexibility index (Phi) is 6.65. The van der Waals surface area contributed by atoms with E-state index in [0.29, 0.717) is 6.42 Å². The Bertz CT molecular complexity index is 1030. The topological polar surface area (TPSA) is 66.8 Å². The second-order valence-corrected chi connectivity index (χ2v) is 7.19. The highest BCUT2D eigenvalue weighted by Gasteiger charge is 2.22. The van der Waals surface area contributed by atoms with Gasteiger partial charge in [0.25, 0.3) is 0 Å². The van der Waals surface area contributed by atoms with Crippen LogP contribution in [0.15, 0.2) is 72.8 Å². The Balaban J connectivity index is 1.92. The maximum absolute atomic E-state index is 12.6. The molecule has 5 heteroatoms. The molecule has 1 amide bonds. The SMILES string of the molecule is CON(C)C(=O)CC(c1ccc(-c2ccc(C(=O)O)cc2)cc1)c1ccccc1C. The van der Waals surface area contributed by atoms with E-state index < -0.39 is 5.97 Å². The van der Waals surface area contributed by atoms with Crippen molar-refractivity contribution in [2.75, 3.05) is 14.2 Å². The fourth-order valence-electron chi connectivity index (χ4n) is 3.50. The summed E-state index contributed by atoms with van der Waals surface area (Å²) in [6, 6.07) is 22.9. The van der Waals surface area contributed by atoms with Gasteiger partial charge in [0.05, 0.1) is 12.7 Å². The van der Waals surface area contributed by atoms with Crippen LogP contribution in [0.2, 0.25) is 0 Å².